The zero-order chi connectivity index (χ0) is 23.5. The van der Waals surface area contributed by atoms with Crippen LogP contribution < -0.4 is 5.32 Å². The van der Waals surface area contributed by atoms with Gasteiger partial charge in [-0.3, -0.25) is 14.5 Å². The maximum Gasteiger partial charge on any atom is 0.223 e. The van der Waals surface area contributed by atoms with Crippen molar-refractivity contribution in [1.29, 1.82) is 5.26 Å². The first-order valence-corrected chi connectivity index (χ1v) is 13.9. The zero-order valence-corrected chi connectivity index (χ0v) is 20.6. The van der Waals surface area contributed by atoms with Crippen LogP contribution in [0.2, 0.25) is 0 Å². The number of fused-ring (bicyclic) bond motifs is 1. The van der Waals surface area contributed by atoms with Crippen molar-refractivity contribution >= 4 is 11.8 Å². The topological polar surface area (TPSA) is 85.7 Å². The Balaban J connectivity index is 1.17. The van der Waals surface area contributed by atoms with Gasteiger partial charge in [-0.05, 0) is 62.7 Å². The quantitative estimate of drug-likeness (QED) is 0.618. The van der Waals surface area contributed by atoms with Crippen LogP contribution in [0.15, 0.2) is 0 Å². The van der Waals surface area contributed by atoms with E-state index in [1.807, 2.05) is 4.90 Å². The first-order chi connectivity index (χ1) is 16.6. The highest BCUT2D eigenvalue weighted by molar-refractivity contribution is 5.86. The first kappa shape index (κ1) is 24.1. The van der Waals surface area contributed by atoms with Crippen LogP contribution in [-0.2, 0) is 14.3 Å². The van der Waals surface area contributed by atoms with E-state index < -0.39 is 0 Å². The number of likely N-dealkylation sites (tertiary alicyclic amines) is 1. The Morgan fingerprint density at radius 3 is 2.50 bits per heavy atom. The summed E-state index contributed by atoms with van der Waals surface area (Å²) in [4.78, 5) is 30.9. The van der Waals surface area contributed by atoms with Gasteiger partial charge in [-0.25, -0.2) is 0 Å². The minimum Gasteiger partial charge on any atom is -0.378 e. The Bertz CT molecular complexity index is 764. The van der Waals surface area contributed by atoms with Gasteiger partial charge < -0.3 is 15.0 Å². The number of amides is 2. The first-order valence-electron chi connectivity index (χ1n) is 13.9. The Morgan fingerprint density at radius 1 is 1.00 bits per heavy atom. The molecule has 34 heavy (non-hydrogen) atoms. The summed E-state index contributed by atoms with van der Waals surface area (Å²) in [6.45, 7) is 4.36. The van der Waals surface area contributed by atoms with Crippen molar-refractivity contribution in [3.05, 3.63) is 0 Å². The normalized spacial score (nSPS) is 36.9. The van der Waals surface area contributed by atoms with Crippen molar-refractivity contribution in [2.45, 2.75) is 82.7 Å². The fourth-order valence-corrected chi connectivity index (χ4v) is 7.42. The zero-order valence-electron chi connectivity index (χ0n) is 20.6. The molecule has 2 amide bonds. The minimum absolute atomic E-state index is 0.0932. The number of hydrogen-bond donors (Lipinski definition) is 1. The second kappa shape index (κ2) is 11.0. The Labute approximate surface area is 204 Å². The van der Waals surface area contributed by atoms with E-state index in [1.165, 1.54) is 32.1 Å². The van der Waals surface area contributed by atoms with Crippen LogP contribution in [0, 0.1) is 40.9 Å². The molecule has 2 aliphatic heterocycles. The molecule has 6 atom stereocenters. The van der Waals surface area contributed by atoms with Crippen molar-refractivity contribution in [3.8, 4) is 6.07 Å². The Morgan fingerprint density at radius 2 is 1.76 bits per heavy atom. The van der Waals surface area contributed by atoms with Gasteiger partial charge in [0.2, 0.25) is 11.8 Å². The number of ether oxygens (including phenoxy) is 1. The highest BCUT2D eigenvalue weighted by atomic mass is 16.5. The van der Waals surface area contributed by atoms with Crippen molar-refractivity contribution < 1.29 is 14.3 Å². The molecule has 3 saturated carbocycles. The second-order valence-corrected chi connectivity index (χ2v) is 11.5. The molecule has 7 heteroatoms. The van der Waals surface area contributed by atoms with Gasteiger partial charge in [0.15, 0.2) is 0 Å². The average Bonchev–Trinajstić information content (AvgIpc) is 3.36. The van der Waals surface area contributed by atoms with Crippen molar-refractivity contribution in [1.82, 2.24) is 15.1 Å². The number of rotatable bonds is 7. The molecule has 0 spiro atoms. The number of nitrogens with zero attached hydrogens (tertiary/aromatic N) is 3. The molecule has 0 aromatic heterocycles. The fourth-order valence-electron chi connectivity index (χ4n) is 7.42. The van der Waals surface area contributed by atoms with Crippen molar-refractivity contribution in [2.75, 3.05) is 39.4 Å². The third-order valence-corrected chi connectivity index (χ3v) is 9.46. The number of morpholine rings is 1. The maximum atomic E-state index is 13.5. The lowest BCUT2D eigenvalue weighted by atomic mass is 9.86. The fraction of sp³-hybridized carbons (Fsp3) is 0.889. The Hall–Kier alpha value is -1.65. The van der Waals surface area contributed by atoms with E-state index in [-0.39, 0.29) is 29.7 Å². The van der Waals surface area contributed by atoms with Crippen LogP contribution in [0.25, 0.3) is 0 Å². The second-order valence-electron chi connectivity index (χ2n) is 11.5. The molecular weight excluding hydrogens is 428 g/mol. The predicted molar refractivity (Wildman–Crippen MR) is 129 cm³/mol. The summed E-state index contributed by atoms with van der Waals surface area (Å²) >= 11 is 0. The summed E-state index contributed by atoms with van der Waals surface area (Å²) in [7, 11) is 0. The van der Waals surface area contributed by atoms with Gasteiger partial charge in [-0.2, -0.15) is 5.26 Å². The van der Waals surface area contributed by atoms with Crippen LogP contribution in [0.3, 0.4) is 0 Å². The lowest BCUT2D eigenvalue weighted by Gasteiger charge is -2.33. The number of nitrogens with one attached hydrogen (secondary N) is 1. The highest BCUT2D eigenvalue weighted by Crippen LogP contribution is 2.58. The van der Waals surface area contributed by atoms with Crippen LogP contribution in [0.4, 0.5) is 0 Å². The van der Waals surface area contributed by atoms with E-state index in [0.717, 1.165) is 57.0 Å². The van der Waals surface area contributed by atoms with Crippen LogP contribution in [-0.4, -0.2) is 73.1 Å². The van der Waals surface area contributed by atoms with E-state index in [0.29, 0.717) is 44.7 Å². The van der Waals surface area contributed by atoms with Crippen molar-refractivity contribution in [3.63, 3.8) is 0 Å². The molecule has 5 fully saturated rings. The number of hydrogen-bond acceptors (Lipinski definition) is 5. The molecule has 0 radical (unpaired) electrons. The Kier molecular flexibility index (Phi) is 7.75. The van der Waals surface area contributed by atoms with E-state index in [1.54, 1.807) is 0 Å². The molecule has 1 N–H and O–H groups in total. The van der Waals surface area contributed by atoms with Crippen molar-refractivity contribution in [2.24, 2.45) is 29.6 Å². The summed E-state index contributed by atoms with van der Waals surface area (Å²) in [5.41, 5.74) is 0. The summed E-state index contributed by atoms with van der Waals surface area (Å²) in [5, 5.41) is 12.7. The van der Waals surface area contributed by atoms with E-state index >= 15 is 0 Å². The lowest BCUT2D eigenvalue weighted by Crippen LogP contribution is -2.45. The van der Waals surface area contributed by atoms with Gasteiger partial charge in [0, 0.05) is 56.5 Å². The SMILES string of the molecule is N#CC1CCCC(N2CCC(NC(=O)C(CC(=O)N3CCOCC3)CC3C4CCCCC43)C2)C1. The largest absolute Gasteiger partial charge is 0.378 e. The van der Waals surface area contributed by atoms with E-state index in [4.69, 9.17) is 4.74 Å². The molecule has 5 rings (SSSR count). The molecule has 0 aromatic rings. The number of carbonyl (C=O) groups excluding carboxylic acids is 2. The van der Waals surface area contributed by atoms with Crippen LogP contribution in [0.5, 0.6) is 0 Å². The van der Waals surface area contributed by atoms with E-state index in [9.17, 15) is 14.9 Å². The molecule has 5 aliphatic rings. The summed E-state index contributed by atoms with van der Waals surface area (Å²) in [5.74, 6) is 2.41. The smallest absolute Gasteiger partial charge is 0.223 e. The van der Waals surface area contributed by atoms with Gasteiger partial charge in [0.05, 0.1) is 19.3 Å². The van der Waals surface area contributed by atoms with Gasteiger partial charge in [-0.15, -0.1) is 0 Å². The lowest BCUT2D eigenvalue weighted by molar-refractivity contribution is -0.139. The molecule has 6 unspecified atom stereocenters. The number of nitriles is 1. The summed E-state index contributed by atoms with van der Waals surface area (Å²) in [6.07, 6.45) is 11.8. The molecule has 7 nitrogen and oxygen atoms in total. The molecule has 2 saturated heterocycles. The minimum atomic E-state index is -0.211. The van der Waals surface area contributed by atoms with Gasteiger partial charge >= 0.3 is 0 Å². The molecule has 2 heterocycles. The summed E-state index contributed by atoms with van der Waals surface area (Å²) < 4.78 is 5.41. The van der Waals surface area contributed by atoms with Gasteiger partial charge in [-0.1, -0.05) is 19.3 Å². The van der Waals surface area contributed by atoms with Gasteiger partial charge in [0.25, 0.3) is 0 Å². The molecule has 0 aromatic carbocycles. The van der Waals surface area contributed by atoms with Gasteiger partial charge in [0.1, 0.15) is 0 Å². The third kappa shape index (κ3) is 5.60. The third-order valence-electron chi connectivity index (χ3n) is 9.46. The highest BCUT2D eigenvalue weighted by Gasteiger charge is 2.51. The monoisotopic (exact) mass is 470 g/mol. The molecule has 188 valence electrons. The number of carbonyl (C=O) groups is 2. The van der Waals surface area contributed by atoms with E-state index in [2.05, 4.69) is 16.3 Å². The van der Waals surface area contributed by atoms with Crippen LogP contribution >= 0.6 is 0 Å². The molecule has 3 aliphatic carbocycles. The standard InChI is InChI=1S/C27H42N4O3/c28-17-19-4-3-5-22(14-19)31-9-8-21(18-31)29-27(33)20(15-25-23-6-1-2-7-24(23)25)16-26(32)30-10-12-34-13-11-30/h19-25H,1-16,18H2,(H,29,33). The maximum absolute atomic E-state index is 13.5. The average molecular weight is 471 g/mol. The predicted octanol–water partition coefficient (Wildman–Crippen LogP) is 2.95. The molecular formula is C27H42N4O3. The van der Waals surface area contributed by atoms with Crippen LogP contribution in [0.1, 0.15) is 70.6 Å². The summed E-state index contributed by atoms with van der Waals surface area (Å²) in [6, 6.07) is 3.11. The molecule has 0 bridgehead atoms.